The molecular formula is C11H13N5O2. The summed E-state index contributed by atoms with van der Waals surface area (Å²) in [6, 6.07) is 1.39. The molecular weight excluding hydrogens is 234 g/mol. The van der Waals surface area contributed by atoms with Gasteiger partial charge in [-0.2, -0.15) is 5.10 Å². The van der Waals surface area contributed by atoms with Gasteiger partial charge in [-0.1, -0.05) is 0 Å². The maximum Gasteiger partial charge on any atom is 0.337 e. The Morgan fingerprint density at radius 3 is 2.83 bits per heavy atom. The molecule has 7 nitrogen and oxygen atoms in total. The van der Waals surface area contributed by atoms with E-state index in [1.165, 1.54) is 12.3 Å². The van der Waals surface area contributed by atoms with E-state index in [0.717, 1.165) is 11.4 Å². The number of hydrogen-bond acceptors (Lipinski definition) is 5. The quantitative estimate of drug-likeness (QED) is 0.751. The molecule has 0 fully saturated rings. The first-order chi connectivity index (χ1) is 8.47. The predicted molar refractivity (Wildman–Crippen MR) is 66.8 cm³/mol. The number of aryl methyl sites for hydroxylation is 2. The molecule has 0 aliphatic carbocycles. The number of pyridine rings is 1. The smallest absolute Gasteiger partial charge is 0.337 e. The zero-order valence-electron chi connectivity index (χ0n) is 10.0. The van der Waals surface area contributed by atoms with Crippen molar-refractivity contribution in [2.75, 3.05) is 11.1 Å². The molecule has 0 aliphatic heterocycles. The van der Waals surface area contributed by atoms with Crippen molar-refractivity contribution < 1.29 is 9.90 Å². The van der Waals surface area contributed by atoms with Gasteiger partial charge in [0.15, 0.2) is 0 Å². The van der Waals surface area contributed by atoms with Gasteiger partial charge in [-0.25, -0.2) is 9.78 Å². The van der Waals surface area contributed by atoms with E-state index in [4.69, 9.17) is 10.8 Å². The van der Waals surface area contributed by atoms with Crippen LogP contribution in [0.4, 0.5) is 17.2 Å². The second-order valence-corrected chi connectivity index (χ2v) is 3.89. The van der Waals surface area contributed by atoms with E-state index in [1.807, 2.05) is 6.92 Å². The minimum Gasteiger partial charge on any atom is -0.478 e. The van der Waals surface area contributed by atoms with Gasteiger partial charge in [0, 0.05) is 13.2 Å². The van der Waals surface area contributed by atoms with Crippen LogP contribution < -0.4 is 11.1 Å². The number of carboxylic acid groups (broad SMARTS) is 1. The lowest BCUT2D eigenvalue weighted by Crippen LogP contribution is -2.05. The molecule has 0 saturated heterocycles. The second kappa shape index (κ2) is 4.36. The Hall–Kier alpha value is -2.57. The average Bonchev–Trinajstić information content (AvgIpc) is 2.60. The largest absolute Gasteiger partial charge is 0.478 e. The lowest BCUT2D eigenvalue weighted by molar-refractivity contribution is 0.0698. The molecule has 0 bridgehead atoms. The van der Waals surface area contributed by atoms with Gasteiger partial charge in [0.2, 0.25) is 0 Å². The SMILES string of the molecule is Cc1nn(C)cc1Nc1cc(C(=O)O)c(N)cn1. The van der Waals surface area contributed by atoms with Gasteiger partial charge in [0.05, 0.1) is 28.8 Å². The highest BCUT2D eigenvalue weighted by molar-refractivity contribution is 5.94. The second-order valence-electron chi connectivity index (χ2n) is 3.89. The van der Waals surface area contributed by atoms with Gasteiger partial charge < -0.3 is 16.2 Å². The van der Waals surface area contributed by atoms with Crippen LogP contribution in [0.1, 0.15) is 16.1 Å². The van der Waals surface area contributed by atoms with Gasteiger partial charge in [0.25, 0.3) is 0 Å². The predicted octanol–water partition coefficient (Wildman–Crippen LogP) is 1.15. The van der Waals surface area contributed by atoms with Crippen molar-refractivity contribution in [3.05, 3.63) is 29.7 Å². The molecule has 0 unspecified atom stereocenters. The highest BCUT2D eigenvalue weighted by atomic mass is 16.4. The van der Waals surface area contributed by atoms with Gasteiger partial charge in [-0.05, 0) is 13.0 Å². The summed E-state index contributed by atoms with van der Waals surface area (Å²) in [5, 5.41) is 16.1. The molecule has 2 aromatic heterocycles. The number of nitrogens with zero attached hydrogens (tertiary/aromatic N) is 3. The number of carbonyl (C=O) groups is 1. The van der Waals surface area contributed by atoms with E-state index >= 15 is 0 Å². The first-order valence-corrected chi connectivity index (χ1v) is 5.23. The van der Waals surface area contributed by atoms with E-state index in [0.29, 0.717) is 5.82 Å². The molecule has 18 heavy (non-hydrogen) atoms. The molecule has 0 spiro atoms. The number of carboxylic acids is 1. The summed E-state index contributed by atoms with van der Waals surface area (Å²) >= 11 is 0. The number of nitrogens with two attached hydrogens (primary N) is 1. The van der Waals surface area contributed by atoms with Crippen molar-refractivity contribution in [2.45, 2.75) is 6.92 Å². The Morgan fingerprint density at radius 2 is 2.28 bits per heavy atom. The Kier molecular flexibility index (Phi) is 2.88. The van der Waals surface area contributed by atoms with E-state index in [2.05, 4.69) is 15.4 Å². The molecule has 0 saturated carbocycles. The number of rotatable bonds is 3. The number of aromatic nitrogens is 3. The Labute approximate surface area is 103 Å². The Bertz CT molecular complexity index is 605. The summed E-state index contributed by atoms with van der Waals surface area (Å²) in [6.45, 7) is 1.84. The monoisotopic (exact) mass is 247 g/mol. The van der Waals surface area contributed by atoms with Crippen LogP contribution in [0, 0.1) is 6.92 Å². The van der Waals surface area contributed by atoms with Crippen molar-refractivity contribution >= 4 is 23.2 Å². The normalized spacial score (nSPS) is 10.3. The van der Waals surface area contributed by atoms with E-state index in [-0.39, 0.29) is 11.3 Å². The fraction of sp³-hybridized carbons (Fsp3) is 0.182. The minimum absolute atomic E-state index is 0.0223. The summed E-state index contributed by atoms with van der Waals surface area (Å²) in [5.74, 6) is -0.668. The van der Waals surface area contributed by atoms with Crippen LogP contribution in [-0.4, -0.2) is 25.8 Å². The van der Waals surface area contributed by atoms with Crippen LogP contribution in [0.5, 0.6) is 0 Å². The molecule has 0 aliphatic rings. The van der Waals surface area contributed by atoms with Crippen molar-refractivity contribution in [2.24, 2.45) is 7.05 Å². The fourth-order valence-corrected chi connectivity index (χ4v) is 1.58. The molecule has 4 N–H and O–H groups in total. The Morgan fingerprint density at radius 1 is 1.56 bits per heavy atom. The number of aromatic carboxylic acids is 1. The number of hydrogen-bond donors (Lipinski definition) is 3. The van der Waals surface area contributed by atoms with Crippen molar-refractivity contribution in [1.29, 1.82) is 0 Å². The molecule has 2 aromatic rings. The summed E-state index contributed by atoms with van der Waals surface area (Å²) < 4.78 is 1.66. The number of nitrogens with one attached hydrogen (secondary N) is 1. The van der Waals surface area contributed by atoms with Gasteiger partial charge in [0.1, 0.15) is 5.82 Å². The molecule has 0 amide bonds. The standard InChI is InChI=1S/C11H13N5O2/c1-6-9(5-16(2)15-6)14-10-3-7(11(17)18)8(12)4-13-10/h3-5H,12H2,1-2H3,(H,13,14)(H,17,18). The maximum atomic E-state index is 10.9. The highest BCUT2D eigenvalue weighted by Gasteiger charge is 2.11. The molecule has 94 valence electrons. The van der Waals surface area contributed by atoms with Crippen LogP contribution in [-0.2, 0) is 7.05 Å². The third-order valence-corrected chi connectivity index (χ3v) is 2.44. The Balaban J connectivity index is 2.32. The molecule has 2 rings (SSSR count). The molecule has 0 atom stereocenters. The van der Waals surface area contributed by atoms with Crippen LogP contribution in [0.25, 0.3) is 0 Å². The van der Waals surface area contributed by atoms with E-state index in [9.17, 15) is 4.79 Å². The molecule has 0 aromatic carbocycles. The van der Waals surface area contributed by atoms with Gasteiger partial charge in [-0.3, -0.25) is 4.68 Å². The molecule has 2 heterocycles. The third-order valence-electron chi connectivity index (χ3n) is 2.44. The van der Waals surface area contributed by atoms with Gasteiger partial charge >= 0.3 is 5.97 Å². The molecule has 7 heteroatoms. The topological polar surface area (TPSA) is 106 Å². The zero-order valence-corrected chi connectivity index (χ0v) is 10.0. The summed E-state index contributed by atoms with van der Waals surface area (Å²) in [6.07, 6.45) is 3.10. The number of anilines is 3. The highest BCUT2D eigenvalue weighted by Crippen LogP contribution is 2.20. The van der Waals surface area contributed by atoms with Crippen LogP contribution in [0.15, 0.2) is 18.5 Å². The van der Waals surface area contributed by atoms with Crippen molar-refractivity contribution in [1.82, 2.24) is 14.8 Å². The zero-order chi connectivity index (χ0) is 13.3. The van der Waals surface area contributed by atoms with Crippen LogP contribution >= 0.6 is 0 Å². The minimum atomic E-state index is -1.08. The van der Waals surface area contributed by atoms with E-state index < -0.39 is 5.97 Å². The lowest BCUT2D eigenvalue weighted by Gasteiger charge is -2.06. The summed E-state index contributed by atoms with van der Waals surface area (Å²) in [5.41, 5.74) is 7.26. The van der Waals surface area contributed by atoms with Gasteiger partial charge in [-0.15, -0.1) is 0 Å². The average molecular weight is 247 g/mol. The third kappa shape index (κ3) is 2.24. The van der Waals surface area contributed by atoms with E-state index in [1.54, 1.807) is 17.9 Å². The van der Waals surface area contributed by atoms with Crippen molar-refractivity contribution in [3.8, 4) is 0 Å². The summed E-state index contributed by atoms with van der Waals surface area (Å²) in [7, 11) is 1.80. The lowest BCUT2D eigenvalue weighted by atomic mass is 10.2. The first-order valence-electron chi connectivity index (χ1n) is 5.23. The van der Waals surface area contributed by atoms with Crippen molar-refractivity contribution in [3.63, 3.8) is 0 Å². The van der Waals surface area contributed by atoms with Crippen LogP contribution in [0.2, 0.25) is 0 Å². The van der Waals surface area contributed by atoms with Crippen LogP contribution in [0.3, 0.4) is 0 Å². The first kappa shape index (κ1) is 11.9. The summed E-state index contributed by atoms with van der Waals surface area (Å²) in [4.78, 5) is 15.0. The number of nitrogen functional groups attached to an aromatic ring is 1. The molecule has 0 radical (unpaired) electrons. The maximum absolute atomic E-state index is 10.9. The fourth-order valence-electron chi connectivity index (χ4n) is 1.58.